The topological polar surface area (TPSA) is 42.2 Å². The fourth-order valence-corrected chi connectivity index (χ4v) is 1.60. The van der Waals surface area contributed by atoms with Gasteiger partial charge >= 0.3 is 6.01 Å². The molecule has 1 fully saturated rings. The summed E-state index contributed by atoms with van der Waals surface area (Å²) in [7, 11) is 0. The molecule has 80 valence electrons. The van der Waals surface area contributed by atoms with Gasteiger partial charge in [-0.3, -0.25) is 0 Å². The molecule has 0 spiro atoms. The van der Waals surface area contributed by atoms with E-state index in [1.807, 2.05) is 6.92 Å². The molecule has 1 aromatic heterocycles. The van der Waals surface area contributed by atoms with E-state index in [2.05, 4.69) is 15.1 Å². The molecule has 4 nitrogen and oxygen atoms in total. The number of halogens is 1. The Morgan fingerprint density at radius 2 is 1.93 bits per heavy atom. The molecule has 0 aliphatic carbocycles. The van der Waals surface area contributed by atoms with Gasteiger partial charge < -0.3 is 9.32 Å². The highest BCUT2D eigenvalue weighted by Crippen LogP contribution is 2.17. The zero-order valence-corrected chi connectivity index (χ0v) is 10.1. The maximum Gasteiger partial charge on any atom is 0.318 e. The molecule has 2 heterocycles. The van der Waals surface area contributed by atoms with Crippen molar-refractivity contribution < 1.29 is 4.42 Å². The minimum Gasteiger partial charge on any atom is -0.408 e. The van der Waals surface area contributed by atoms with Gasteiger partial charge in [-0.2, -0.15) is 0 Å². The number of nitrogens with zero attached hydrogens (tertiary/aromatic N) is 3. The second-order valence-corrected chi connectivity index (χ2v) is 3.38. The molecule has 0 bridgehead atoms. The molecule has 1 saturated heterocycles. The molecule has 1 aromatic rings. The van der Waals surface area contributed by atoms with Crippen LogP contribution in [-0.2, 0) is 6.42 Å². The van der Waals surface area contributed by atoms with E-state index in [4.69, 9.17) is 4.42 Å². The van der Waals surface area contributed by atoms with Crippen molar-refractivity contribution in [3.63, 3.8) is 0 Å². The lowest BCUT2D eigenvalue weighted by Gasteiger charge is -2.24. The van der Waals surface area contributed by atoms with Gasteiger partial charge in [-0.05, 0) is 19.3 Å². The summed E-state index contributed by atoms with van der Waals surface area (Å²) in [6, 6.07) is 0.705. The van der Waals surface area contributed by atoms with Crippen LogP contribution < -0.4 is 4.90 Å². The molecule has 0 amide bonds. The zero-order valence-electron chi connectivity index (χ0n) is 8.40. The molecule has 0 saturated carbocycles. The van der Waals surface area contributed by atoms with Gasteiger partial charge in [0.15, 0.2) is 0 Å². The van der Waals surface area contributed by atoms with Crippen LogP contribution in [0.4, 0.5) is 6.01 Å². The molecule has 0 aromatic carbocycles. The Bertz CT molecular complexity index is 271. The Hall–Kier alpha value is -0.580. The van der Waals surface area contributed by atoms with E-state index in [0.717, 1.165) is 25.4 Å². The van der Waals surface area contributed by atoms with E-state index < -0.39 is 0 Å². The highest BCUT2D eigenvalue weighted by atomic mass is 79.9. The van der Waals surface area contributed by atoms with Crippen LogP contribution >= 0.6 is 17.0 Å². The first kappa shape index (κ1) is 11.5. The third-order valence-corrected chi connectivity index (χ3v) is 2.39. The van der Waals surface area contributed by atoms with Crippen molar-refractivity contribution in [2.75, 3.05) is 18.0 Å². The number of aryl methyl sites for hydroxylation is 1. The smallest absolute Gasteiger partial charge is 0.318 e. The summed E-state index contributed by atoms with van der Waals surface area (Å²) < 4.78 is 5.48. The van der Waals surface area contributed by atoms with Crippen molar-refractivity contribution in [1.29, 1.82) is 0 Å². The average molecular weight is 262 g/mol. The molecular formula is C9H16BrN3O. The van der Waals surface area contributed by atoms with Gasteiger partial charge in [-0.25, -0.2) is 0 Å². The fraction of sp³-hybridized carbons (Fsp3) is 0.778. The maximum atomic E-state index is 5.48. The monoisotopic (exact) mass is 261 g/mol. The second-order valence-electron chi connectivity index (χ2n) is 3.38. The van der Waals surface area contributed by atoms with Gasteiger partial charge in [-0.1, -0.05) is 12.0 Å². The quantitative estimate of drug-likeness (QED) is 0.819. The third-order valence-electron chi connectivity index (χ3n) is 2.39. The van der Waals surface area contributed by atoms with Crippen molar-refractivity contribution in [2.45, 2.75) is 32.6 Å². The van der Waals surface area contributed by atoms with Crippen LogP contribution in [0, 0.1) is 0 Å². The Labute approximate surface area is 94.5 Å². The van der Waals surface area contributed by atoms with Crippen LogP contribution in [0.1, 0.15) is 32.1 Å². The largest absolute Gasteiger partial charge is 0.408 e. The summed E-state index contributed by atoms with van der Waals surface area (Å²) in [4.78, 5) is 2.18. The summed E-state index contributed by atoms with van der Waals surface area (Å²) in [5.74, 6) is 0.737. The number of hydrogen-bond acceptors (Lipinski definition) is 4. The number of piperidine rings is 1. The second kappa shape index (κ2) is 5.34. The predicted molar refractivity (Wildman–Crippen MR) is 60.1 cm³/mol. The Kier molecular flexibility index (Phi) is 4.38. The molecule has 0 radical (unpaired) electrons. The Morgan fingerprint density at radius 1 is 1.21 bits per heavy atom. The Morgan fingerprint density at radius 3 is 2.50 bits per heavy atom. The summed E-state index contributed by atoms with van der Waals surface area (Å²) in [5.41, 5.74) is 0. The van der Waals surface area contributed by atoms with E-state index in [9.17, 15) is 0 Å². The zero-order chi connectivity index (χ0) is 9.10. The molecule has 0 atom stereocenters. The van der Waals surface area contributed by atoms with Crippen LogP contribution in [-0.4, -0.2) is 23.3 Å². The van der Waals surface area contributed by atoms with Crippen LogP contribution in [0.3, 0.4) is 0 Å². The average Bonchev–Trinajstić information content (AvgIpc) is 2.67. The third kappa shape index (κ3) is 2.47. The van der Waals surface area contributed by atoms with Crippen molar-refractivity contribution in [3.05, 3.63) is 5.89 Å². The van der Waals surface area contributed by atoms with E-state index in [1.165, 1.54) is 19.3 Å². The SMILES string of the molecule is Br.CCc1nnc(N2CCCCC2)o1. The normalized spacial score (nSPS) is 16.5. The molecule has 2 rings (SSSR count). The number of anilines is 1. The molecule has 0 unspecified atom stereocenters. The van der Waals surface area contributed by atoms with Gasteiger partial charge in [0.25, 0.3) is 0 Å². The van der Waals surface area contributed by atoms with Gasteiger partial charge in [-0.15, -0.1) is 22.1 Å². The lowest BCUT2D eigenvalue weighted by Crippen LogP contribution is -2.29. The highest BCUT2D eigenvalue weighted by molar-refractivity contribution is 8.93. The lowest BCUT2D eigenvalue weighted by atomic mass is 10.1. The van der Waals surface area contributed by atoms with Crippen LogP contribution in [0.5, 0.6) is 0 Å². The van der Waals surface area contributed by atoms with Crippen molar-refractivity contribution in [3.8, 4) is 0 Å². The highest BCUT2D eigenvalue weighted by Gasteiger charge is 2.16. The molecule has 1 aliphatic rings. The van der Waals surface area contributed by atoms with Crippen molar-refractivity contribution in [2.24, 2.45) is 0 Å². The van der Waals surface area contributed by atoms with E-state index >= 15 is 0 Å². The number of aromatic nitrogens is 2. The van der Waals surface area contributed by atoms with E-state index in [0.29, 0.717) is 6.01 Å². The van der Waals surface area contributed by atoms with Crippen molar-refractivity contribution >= 4 is 23.0 Å². The predicted octanol–water partition coefficient (Wildman–Crippen LogP) is 2.20. The van der Waals surface area contributed by atoms with Gasteiger partial charge in [0.2, 0.25) is 5.89 Å². The summed E-state index contributed by atoms with van der Waals surface area (Å²) in [5, 5.41) is 7.97. The summed E-state index contributed by atoms with van der Waals surface area (Å²) in [6.45, 7) is 4.14. The fourth-order valence-electron chi connectivity index (χ4n) is 1.60. The van der Waals surface area contributed by atoms with Gasteiger partial charge in [0.05, 0.1) is 0 Å². The van der Waals surface area contributed by atoms with Gasteiger partial charge in [0, 0.05) is 19.5 Å². The number of hydrogen-bond donors (Lipinski definition) is 0. The molecule has 1 aliphatic heterocycles. The van der Waals surface area contributed by atoms with E-state index in [-0.39, 0.29) is 17.0 Å². The molecule has 0 N–H and O–H groups in total. The molecular weight excluding hydrogens is 246 g/mol. The van der Waals surface area contributed by atoms with Gasteiger partial charge in [0.1, 0.15) is 0 Å². The summed E-state index contributed by atoms with van der Waals surface area (Å²) >= 11 is 0. The van der Waals surface area contributed by atoms with Crippen LogP contribution in [0.25, 0.3) is 0 Å². The van der Waals surface area contributed by atoms with Crippen LogP contribution in [0.2, 0.25) is 0 Å². The van der Waals surface area contributed by atoms with Crippen molar-refractivity contribution in [1.82, 2.24) is 10.2 Å². The molecule has 14 heavy (non-hydrogen) atoms. The minimum atomic E-state index is 0. The minimum absolute atomic E-state index is 0. The molecule has 5 heteroatoms. The van der Waals surface area contributed by atoms with Crippen LogP contribution in [0.15, 0.2) is 4.42 Å². The maximum absolute atomic E-state index is 5.48. The first-order valence-electron chi connectivity index (χ1n) is 4.97. The first-order chi connectivity index (χ1) is 6.40. The van der Waals surface area contributed by atoms with E-state index in [1.54, 1.807) is 0 Å². The standard InChI is InChI=1S/C9H15N3O.BrH/c1-2-8-10-11-9(13-8)12-6-4-3-5-7-12;/h2-7H2,1H3;1H. The summed E-state index contributed by atoms with van der Waals surface area (Å²) in [6.07, 6.45) is 4.62. The Balaban J connectivity index is 0.000000980. The number of rotatable bonds is 2. The first-order valence-corrected chi connectivity index (χ1v) is 4.97. The lowest BCUT2D eigenvalue weighted by molar-refractivity contribution is 0.464.